The number of carbonyl (C=O) groups is 1. The number of halogens is 1. The molecule has 3 heterocycles. The van der Waals surface area contributed by atoms with E-state index in [1.54, 1.807) is 41.6 Å². The number of thiophene rings is 1. The van der Waals surface area contributed by atoms with Crippen LogP contribution in [0.4, 0.5) is 11.4 Å². The Morgan fingerprint density at radius 2 is 1.88 bits per heavy atom. The number of nitrogens with zero attached hydrogens (tertiary/aromatic N) is 4. The lowest BCUT2D eigenvalue weighted by molar-refractivity contribution is -0.115. The van der Waals surface area contributed by atoms with E-state index >= 15 is 0 Å². The Morgan fingerprint density at radius 1 is 1.09 bits per heavy atom. The Bertz CT molecular complexity index is 1500. The van der Waals surface area contributed by atoms with Crippen LogP contribution in [0.1, 0.15) is 6.92 Å². The number of H-pyrrole nitrogens is 1. The minimum absolute atomic E-state index is 0.136. The Morgan fingerprint density at radius 3 is 2.56 bits per heavy atom. The number of carbonyl (C=O) groups excluding carboxylic acids is 1. The van der Waals surface area contributed by atoms with E-state index in [0.717, 1.165) is 21.7 Å². The van der Waals surface area contributed by atoms with Gasteiger partial charge < -0.3 is 4.98 Å². The molecule has 7 nitrogen and oxygen atoms in total. The van der Waals surface area contributed by atoms with E-state index < -0.39 is 0 Å². The molecule has 3 aromatic heterocycles. The lowest BCUT2D eigenvalue weighted by Gasteiger charge is -2.21. The van der Waals surface area contributed by atoms with Crippen LogP contribution in [0.25, 0.3) is 27.4 Å². The molecule has 5 aromatic rings. The lowest BCUT2D eigenvalue weighted by atomic mass is 10.2. The first-order valence-electron chi connectivity index (χ1n) is 9.69. The SMILES string of the molecule is CC(=O)N(c1ccc(-n2ccncc2=O)cc1)c1ccc2nc(-c3ccc(Cl)s3)[nH]c2c1. The molecule has 0 saturated heterocycles. The molecule has 2 aromatic carbocycles. The Labute approximate surface area is 191 Å². The highest BCUT2D eigenvalue weighted by molar-refractivity contribution is 7.19. The van der Waals surface area contributed by atoms with Crippen LogP contribution in [0.15, 0.2) is 78.0 Å². The number of imidazole rings is 1. The molecule has 0 aliphatic heterocycles. The van der Waals surface area contributed by atoms with Gasteiger partial charge >= 0.3 is 0 Å². The zero-order valence-corrected chi connectivity index (χ0v) is 18.4. The number of amides is 1. The molecule has 0 atom stereocenters. The summed E-state index contributed by atoms with van der Waals surface area (Å²) in [5.41, 5.74) is 3.47. The van der Waals surface area contributed by atoms with E-state index in [9.17, 15) is 9.59 Å². The highest BCUT2D eigenvalue weighted by Crippen LogP contribution is 2.33. The van der Waals surface area contributed by atoms with Crippen molar-refractivity contribution in [3.05, 3.63) is 87.9 Å². The van der Waals surface area contributed by atoms with E-state index in [4.69, 9.17) is 11.6 Å². The fourth-order valence-corrected chi connectivity index (χ4v) is 4.52. The van der Waals surface area contributed by atoms with Crippen molar-refractivity contribution >= 4 is 51.3 Å². The van der Waals surface area contributed by atoms with Crippen LogP contribution < -0.4 is 10.5 Å². The van der Waals surface area contributed by atoms with Gasteiger partial charge in [0.25, 0.3) is 5.56 Å². The van der Waals surface area contributed by atoms with Crippen LogP contribution in [-0.2, 0) is 4.79 Å². The summed E-state index contributed by atoms with van der Waals surface area (Å²) in [5.74, 6) is 0.596. The second kappa shape index (κ2) is 8.07. The van der Waals surface area contributed by atoms with Crippen molar-refractivity contribution in [2.75, 3.05) is 4.90 Å². The number of nitrogens with one attached hydrogen (secondary N) is 1. The number of hydrogen-bond acceptors (Lipinski definition) is 5. The molecular formula is C23H16ClN5O2S. The van der Waals surface area contributed by atoms with Gasteiger partial charge in [0, 0.05) is 30.7 Å². The summed E-state index contributed by atoms with van der Waals surface area (Å²) in [4.78, 5) is 38.9. The third-order valence-corrected chi connectivity index (χ3v) is 6.19. The molecule has 9 heteroatoms. The molecule has 1 amide bonds. The van der Waals surface area contributed by atoms with Crippen LogP contribution in [0.5, 0.6) is 0 Å². The van der Waals surface area contributed by atoms with Crippen molar-refractivity contribution in [3.8, 4) is 16.4 Å². The fraction of sp³-hybridized carbons (Fsp3) is 0.0435. The maximum Gasteiger partial charge on any atom is 0.273 e. The summed E-state index contributed by atoms with van der Waals surface area (Å²) >= 11 is 7.50. The first-order valence-corrected chi connectivity index (χ1v) is 10.9. The number of anilines is 2. The molecule has 0 radical (unpaired) electrons. The van der Waals surface area contributed by atoms with Crippen LogP contribution in [0.3, 0.4) is 0 Å². The third kappa shape index (κ3) is 3.70. The van der Waals surface area contributed by atoms with Crippen molar-refractivity contribution in [2.45, 2.75) is 6.92 Å². The average molecular weight is 462 g/mol. The molecule has 1 N–H and O–H groups in total. The molecule has 0 spiro atoms. The van der Waals surface area contributed by atoms with Gasteiger partial charge in [-0.2, -0.15) is 0 Å². The van der Waals surface area contributed by atoms with Gasteiger partial charge in [0.2, 0.25) is 5.91 Å². The van der Waals surface area contributed by atoms with Gasteiger partial charge in [-0.15, -0.1) is 11.3 Å². The Balaban J connectivity index is 1.51. The first kappa shape index (κ1) is 20.2. The van der Waals surface area contributed by atoms with E-state index in [-0.39, 0.29) is 11.5 Å². The van der Waals surface area contributed by atoms with Gasteiger partial charge in [0.05, 0.1) is 32.1 Å². The molecule has 0 aliphatic carbocycles. The highest BCUT2D eigenvalue weighted by atomic mass is 35.5. The Kier molecular flexibility index (Phi) is 5.08. The predicted octanol–water partition coefficient (Wildman–Crippen LogP) is 5.18. The standard InChI is InChI=1S/C23H16ClN5O2S/c1-14(30)29(16-4-2-15(3-5-16)28-11-10-25-13-22(28)31)17-6-7-18-19(12-17)27-23(26-18)20-8-9-21(24)32-20/h2-13H,1H3,(H,26,27). The van der Waals surface area contributed by atoms with Gasteiger partial charge in [-0.1, -0.05) is 11.6 Å². The van der Waals surface area contributed by atoms with Crippen molar-refractivity contribution in [3.63, 3.8) is 0 Å². The summed E-state index contributed by atoms with van der Waals surface area (Å²) in [6, 6.07) is 16.6. The fourth-order valence-electron chi connectivity index (χ4n) is 3.53. The highest BCUT2D eigenvalue weighted by Gasteiger charge is 2.16. The van der Waals surface area contributed by atoms with Crippen molar-refractivity contribution in [1.82, 2.24) is 19.5 Å². The van der Waals surface area contributed by atoms with Crippen LogP contribution >= 0.6 is 22.9 Å². The molecule has 158 valence electrons. The second-order valence-corrected chi connectivity index (χ2v) is 8.76. The van der Waals surface area contributed by atoms with Gasteiger partial charge in [-0.05, 0) is 54.6 Å². The molecule has 0 fully saturated rings. The summed E-state index contributed by atoms with van der Waals surface area (Å²) < 4.78 is 2.19. The molecule has 0 bridgehead atoms. The number of hydrogen-bond donors (Lipinski definition) is 1. The summed E-state index contributed by atoms with van der Waals surface area (Å²) in [7, 11) is 0. The smallest absolute Gasteiger partial charge is 0.273 e. The van der Waals surface area contributed by atoms with Gasteiger partial charge in [0.15, 0.2) is 0 Å². The van der Waals surface area contributed by atoms with E-state index in [1.807, 2.05) is 30.3 Å². The second-order valence-electron chi connectivity index (χ2n) is 7.05. The van der Waals surface area contributed by atoms with Crippen LogP contribution in [0.2, 0.25) is 4.34 Å². The molecule has 32 heavy (non-hydrogen) atoms. The zero-order valence-electron chi connectivity index (χ0n) is 16.8. The lowest BCUT2D eigenvalue weighted by Crippen LogP contribution is -2.23. The molecule has 0 saturated carbocycles. The number of benzene rings is 2. The quantitative estimate of drug-likeness (QED) is 0.400. The molecule has 5 rings (SSSR count). The molecule has 0 unspecified atom stereocenters. The van der Waals surface area contributed by atoms with Gasteiger partial charge in [-0.3, -0.25) is 24.0 Å². The monoisotopic (exact) mass is 461 g/mol. The first-order chi connectivity index (χ1) is 15.5. The van der Waals surface area contributed by atoms with Crippen molar-refractivity contribution < 1.29 is 4.79 Å². The maximum absolute atomic E-state index is 12.5. The summed E-state index contributed by atoms with van der Waals surface area (Å²) in [6.45, 7) is 1.51. The maximum atomic E-state index is 12.5. The zero-order chi connectivity index (χ0) is 22.2. The third-order valence-electron chi connectivity index (χ3n) is 4.96. The number of aromatic nitrogens is 4. The normalized spacial score (nSPS) is 11.1. The number of aromatic amines is 1. The Hall–Kier alpha value is -3.75. The predicted molar refractivity (Wildman–Crippen MR) is 127 cm³/mol. The van der Waals surface area contributed by atoms with E-state index in [0.29, 0.717) is 21.4 Å². The number of rotatable bonds is 4. The summed E-state index contributed by atoms with van der Waals surface area (Å²) in [6.07, 6.45) is 4.41. The van der Waals surface area contributed by atoms with Gasteiger partial charge in [-0.25, -0.2) is 4.98 Å². The topological polar surface area (TPSA) is 83.9 Å². The minimum Gasteiger partial charge on any atom is -0.337 e. The van der Waals surface area contributed by atoms with Crippen LogP contribution in [-0.4, -0.2) is 25.4 Å². The van der Waals surface area contributed by atoms with Crippen molar-refractivity contribution in [1.29, 1.82) is 0 Å². The van der Waals surface area contributed by atoms with E-state index in [1.165, 1.54) is 29.0 Å². The van der Waals surface area contributed by atoms with Gasteiger partial charge in [0.1, 0.15) is 5.82 Å². The van der Waals surface area contributed by atoms with E-state index in [2.05, 4.69) is 15.0 Å². The molecule has 0 aliphatic rings. The summed E-state index contributed by atoms with van der Waals surface area (Å²) in [5, 5.41) is 0. The van der Waals surface area contributed by atoms with Crippen LogP contribution in [0, 0.1) is 0 Å². The molecular weight excluding hydrogens is 446 g/mol. The average Bonchev–Trinajstić information content (AvgIpc) is 3.40. The minimum atomic E-state index is -0.226. The number of fused-ring (bicyclic) bond motifs is 1. The van der Waals surface area contributed by atoms with Crippen molar-refractivity contribution in [2.24, 2.45) is 0 Å². The largest absolute Gasteiger partial charge is 0.337 e.